The molecule has 0 aliphatic carbocycles. The van der Waals surface area contributed by atoms with Crippen LogP contribution in [-0.2, 0) is 11.2 Å². The van der Waals surface area contributed by atoms with Crippen LogP contribution in [0.1, 0.15) is 29.8 Å². The van der Waals surface area contributed by atoms with Crippen molar-refractivity contribution in [1.82, 2.24) is 9.97 Å². The molecule has 1 N–H and O–H groups in total. The van der Waals surface area contributed by atoms with Gasteiger partial charge in [-0.3, -0.25) is 9.78 Å². The van der Waals surface area contributed by atoms with E-state index in [1.807, 2.05) is 31.2 Å². The molecule has 28 heavy (non-hydrogen) atoms. The largest absolute Gasteiger partial charge is 0.372 e. The number of nitrogens with zero attached hydrogens (tertiary/aromatic N) is 3. The van der Waals surface area contributed by atoms with E-state index in [1.54, 1.807) is 23.7 Å². The maximum atomic E-state index is 12.5. The van der Waals surface area contributed by atoms with E-state index in [-0.39, 0.29) is 5.91 Å². The first-order chi connectivity index (χ1) is 13.7. The van der Waals surface area contributed by atoms with Gasteiger partial charge in [0.15, 0.2) is 0 Å². The third-order valence-corrected chi connectivity index (χ3v) is 6.20. The summed E-state index contributed by atoms with van der Waals surface area (Å²) < 4.78 is 0. The second kappa shape index (κ2) is 8.52. The molecule has 0 unspecified atom stereocenters. The first-order valence-electron chi connectivity index (χ1n) is 9.70. The number of carbonyl (C=O) groups excluding carboxylic acids is 1. The van der Waals surface area contributed by atoms with Gasteiger partial charge < -0.3 is 10.2 Å². The van der Waals surface area contributed by atoms with E-state index in [0.29, 0.717) is 6.42 Å². The molecule has 1 amide bonds. The molecule has 0 radical (unpaired) electrons. The lowest BCUT2D eigenvalue weighted by Gasteiger charge is -2.28. The summed E-state index contributed by atoms with van der Waals surface area (Å²) in [6.45, 7) is 4.19. The molecule has 1 aromatic carbocycles. The quantitative estimate of drug-likeness (QED) is 0.685. The van der Waals surface area contributed by atoms with Gasteiger partial charge in [0.1, 0.15) is 5.01 Å². The van der Waals surface area contributed by atoms with Crippen molar-refractivity contribution in [3.8, 4) is 10.6 Å². The number of aromatic nitrogens is 2. The van der Waals surface area contributed by atoms with Crippen molar-refractivity contribution < 1.29 is 4.79 Å². The zero-order valence-corrected chi connectivity index (χ0v) is 16.8. The molecule has 1 saturated heterocycles. The van der Waals surface area contributed by atoms with Crippen LogP contribution in [0.25, 0.3) is 10.6 Å². The predicted octanol–water partition coefficient (Wildman–Crippen LogP) is 4.69. The average molecular weight is 393 g/mol. The number of amides is 1. The van der Waals surface area contributed by atoms with E-state index >= 15 is 0 Å². The number of anilines is 2. The van der Waals surface area contributed by atoms with Gasteiger partial charge in [-0.15, -0.1) is 11.3 Å². The Bertz CT molecular complexity index is 931. The van der Waals surface area contributed by atoms with Gasteiger partial charge in [0.05, 0.1) is 12.1 Å². The molecule has 144 valence electrons. The molecular weight excluding hydrogens is 368 g/mol. The molecule has 1 aliphatic rings. The number of nitrogens with one attached hydrogen (secondary N) is 1. The number of piperidine rings is 1. The highest BCUT2D eigenvalue weighted by Gasteiger charge is 2.14. The Morgan fingerprint density at radius 1 is 1.14 bits per heavy atom. The highest BCUT2D eigenvalue weighted by atomic mass is 32.1. The number of hydrogen-bond acceptors (Lipinski definition) is 5. The number of pyridine rings is 1. The Labute approximate surface area is 169 Å². The fourth-order valence-corrected chi connectivity index (χ4v) is 4.51. The lowest BCUT2D eigenvalue weighted by Crippen LogP contribution is -2.29. The summed E-state index contributed by atoms with van der Waals surface area (Å²) in [5, 5.41) is 3.91. The highest BCUT2D eigenvalue weighted by Crippen LogP contribution is 2.28. The molecule has 3 aromatic rings. The van der Waals surface area contributed by atoms with Gasteiger partial charge in [-0.2, -0.15) is 0 Å². The number of aryl methyl sites for hydroxylation is 1. The highest BCUT2D eigenvalue weighted by molar-refractivity contribution is 7.15. The standard InChI is InChI=1S/C22H24N4OS/c1-16-20(28-22(24-16)17-6-5-11-23-15-17)14-21(27)25-18-7-9-19(10-8-18)26-12-3-2-4-13-26/h5-11,15H,2-4,12-14H2,1H3,(H,25,27). The number of thiazole rings is 1. The molecule has 0 saturated carbocycles. The second-order valence-electron chi connectivity index (χ2n) is 7.09. The van der Waals surface area contributed by atoms with Crippen LogP contribution in [0.4, 0.5) is 11.4 Å². The lowest BCUT2D eigenvalue weighted by atomic mass is 10.1. The van der Waals surface area contributed by atoms with Gasteiger partial charge in [-0.25, -0.2) is 4.98 Å². The smallest absolute Gasteiger partial charge is 0.229 e. The minimum absolute atomic E-state index is 0.0183. The normalized spacial score (nSPS) is 14.1. The average Bonchev–Trinajstić information content (AvgIpc) is 3.10. The van der Waals surface area contributed by atoms with E-state index in [1.165, 1.54) is 24.9 Å². The Hall–Kier alpha value is -2.73. The topological polar surface area (TPSA) is 58.1 Å². The van der Waals surface area contributed by atoms with Crippen LogP contribution in [0.2, 0.25) is 0 Å². The second-order valence-corrected chi connectivity index (χ2v) is 8.17. The Kier molecular flexibility index (Phi) is 5.67. The van der Waals surface area contributed by atoms with Crippen LogP contribution in [0.3, 0.4) is 0 Å². The molecule has 0 atom stereocenters. The molecule has 0 spiro atoms. The van der Waals surface area contributed by atoms with Crippen LogP contribution < -0.4 is 10.2 Å². The zero-order valence-electron chi connectivity index (χ0n) is 16.0. The Morgan fingerprint density at radius 3 is 2.64 bits per heavy atom. The summed E-state index contributed by atoms with van der Waals surface area (Å²) >= 11 is 1.55. The summed E-state index contributed by atoms with van der Waals surface area (Å²) in [4.78, 5) is 24.7. The summed E-state index contributed by atoms with van der Waals surface area (Å²) in [6, 6.07) is 12.1. The monoisotopic (exact) mass is 392 g/mol. The molecule has 2 aromatic heterocycles. The van der Waals surface area contributed by atoms with Crippen molar-refractivity contribution in [3.63, 3.8) is 0 Å². The summed E-state index contributed by atoms with van der Waals surface area (Å²) in [6.07, 6.45) is 7.71. The minimum Gasteiger partial charge on any atom is -0.372 e. The fourth-order valence-electron chi connectivity index (χ4n) is 3.46. The fraction of sp³-hybridized carbons (Fsp3) is 0.318. The third kappa shape index (κ3) is 4.39. The van der Waals surface area contributed by atoms with Crippen LogP contribution in [0, 0.1) is 6.92 Å². The van der Waals surface area contributed by atoms with E-state index in [2.05, 4.69) is 32.3 Å². The van der Waals surface area contributed by atoms with E-state index < -0.39 is 0 Å². The third-order valence-electron chi connectivity index (χ3n) is 4.99. The molecule has 3 heterocycles. The number of hydrogen-bond donors (Lipinski definition) is 1. The van der Waals surface area contributed by atoms with Crippen LogP contribution >= 0.6 is 11.3 Å². The van der Waals surface area contributed by atoms with Gasteiger partial charge in [0.2, 0.25) is 5.91 Å². The van der Waals surface area contributed by atoms with E-state index in [9.17, 15) is 4.79 Å². The maximum Gasteiger partial charge on any atom is 0.229 e. The van der Waals surface area contributed by atoms with Crippen molar-refractivity contribution in [3.05, 3.63) is 59.4 Å². The van der Waals surface area contributed by atoms with Gasteiger partial charge >= 0.3 is 0 Å². The van der Waals surface area contributed by atoms with Crippen LogP contribution in [-0.4, -0.2) is 29.0 Å². The van der Waals surface area contributed by atoms with Crippen molar-refractivity contribution in [2.45, 2.75) is 32.6 Å². The van der Waals surface area contributed by atoms with Gasteiger partial charge in [-0.1, -0.05) is 0 Å². The number of carbonyl (C=O) groups is 1. The van der Waals surface area contributed by atoms with Crippen molar-refractivity contribution in [1.29, 1.82) is 0 Å². The van der Waals surface area contributed by atoms with Crippen molar-refractivity contribution in [2.24, 2.45) is 0 Å². The summed E-state index contributed by atoms with van der Waals surface area (Å²) in [5.41, 5.74) is 3.95. The molecule has 1 aliphatic heterocycles. The summed E-state index contributed by atoms with van der Waals surface area (Å²) in [5.74, 6) is -0.0183. The van der Waals surface area contributed by atoms with Crippen LogP contribution in [0.5, 0.6) is 0 Å². The molecule has 0 bridgehead atoms. The Balaban J connectivity index is 1.38. The van der Waals surface area contributed by atoms with Gasteiger partial charge in [-0.05, 0) is 62.6 Å². The Morgan fingerprint density at radius 2 is 1.93 bits per heavy atom. The molecule has 1 fully saturated rings. The number of rotatable bonds is 5. The van der Waals surface area contributed by atoms with Crippen molar-refractivity contribution in [2.75, 3.05) is 23.3 Å². The SMILES string of the molecule is Cc1nc(-c2cccnc2)sc1CC(=O)Nc1ccc(N2CCCCC2)cc1. The lowest BCUT2D eigenvalue weighted by molar-refractivity contribution is -0.115. The molecule has 6 heteroatoms. The van der Waals surface area contributed by atoms with Crippen molar-refractivity contribution >= 4 is 28.6 Å². The van der Waals surface area contributed by atoms with E-state index in [0.717, 1.165) is 39.9 Å². The van der Waals surface area contributed by atoms with E-state index in [4.69, 9.17) is 0 Å². The molecule has 4 rings (SSSR count). The van der Waals surface area contributed by atoms with Gasteiger partial charge in [0, 0.05) is 47.3 Å². The maximum absolute atomic E-state index is 12.5. The summed E-state index contributed by atoms with van der Waals surface area (Å²) in [7, 11) is 0. The first-order valence-corrected chi connectivity index (χ1v) is 10.5. The predicted molar refractivity (Wildman–Crippen MR) is 115 cm³/mol. The van der Waals surface area contributed by atoms with Gasteiger partial charge in [0.25, 0.3) is 0 Å². The molecule has 5 nitrogen and oxygen atoms in total. The number of benzene rings is 1. The zero-order chi connectivity index (χ0) is 19.3. The molecular formula is C22H24N4OS. The minimum atomic E-state index is -0.0183. The van der Waals surface area contributed by atoms with Crippen LogP contribution in [0.15, 0.2) is 48.8 Å². The first kappa shape index (κ1) is 18.6.